The number of carbonyl (C=O) groups is 1. The molecule has 30 heavy (non-hydrogen) atoms. The molecule has 0 saturated carbocycles. The standard InChI is InChI=1S/C21H23N7O2/c1-13(29)27-8-6-15(7-9-27)28-12-14(10-23-28)24-21-20-16(11-22-26-20)19-17(25-21)4-3-5-18(19)30-2/h3-5,10-12,15H,6-9H2,1-2H3,(H,22,26)(H,24,25). The maximum atomic E-state index is 11.5. The number of aromatic nitrogens is 5. The van der Waals surface area contributed by atoms with Crippen LogP contribution in [0.1, 0.15) is 25.8 Å². The van der Waals surface area contributed by atoms with Crippen LogP contribution in [0.15, 0.2) is 36.8 Å². The van der Waals surface area contributed by atoms with E-state index in [4.69, 9.17) is 9.72 Å². The van der Waals surface area contributed by atoms with Crippen LogP contribution in [-0.4, -0.2) is 56.0 Å². The Morgan fingerprint density at radius 3 is 2.87 bits per heavy atom. The molecule has 0 atom stereocenters. The summed E-state index contributed by atoms with van der Waals surface area (Å²) in [5.74, 6) is 1.59. The molecule has 0 aliphatic carbocycles. The van der Waals surface area contributed by atoms with Crippen molar-refractivity contribution in [3.63, 3.8) is 0 Å². The molecule has 5 rings (SSSR count). The molecule has 9 heteroatoms. The molecule has 0 radical (unpaired) electrons. The van der Waals surface area contributed by atoms with Crippen molar-refractivity contribution in [1.29, 1.82) is 0 Å². The van der Waals surface area contributed by atoms with Crippen LogP contribution in [0.25, 0.3) is 21.8 Å². The Labute approximate surface area is 173 Å². The fourth-order valence-corrected chi connectivity index (χ4v) is 4.16. The number of nitrogens with zero attached hydrogens (tertiary/aromatic N) is 5. The molecule has 2 N–H and O–H groups in total. The van der Waals surface area contributed by atoms with E-state index in [9.17, 15) is 4.79 Å². The van der Waals surface area contributed by atoms with E-state index in [1.54, 1.807) is 26.4 Å². The fourth-order valence-electron chi connectivity index (χ4n) is 4.16. The number of nitrogens with one attached hydrogen (secondary N) is 2. The van der Waals surface area contributed by atoms with Gasteiger partial charge in [0, 0.05) is 31.6 Å². The highest BCUT2D eigenvalue weighted by molar-refractivity contribution is 6.11. The summed E-state index contributed by atoms with van der Waals surface area (Å²) in [6.07, 6.45) is 7.39. The number of carbonyl (C=O) groups excluding carboxylic acids is 1. The van der Waals surface area contributed by atoms with Crippen molar-refractivity contribution in [2.75, 3.05) is 25.5 Å². The van der Waals surface area contributed by atoms with Crippen molar-refractivity contribution < 1.29 is 9.53 Å². The average Bonchev–Trinajstić information content (AvgIpc) is 3.43. The molecule has 0 spiro atoms. The Balaban J connectivity index is 1.43. The smallest absolute Gasteiger partial charge is 0.219 e. The van der Waals surface area contributed by atoms with Gasteiger partial charge in [-0.15, -0.1) is 0 Å². The van der Waals surface area contributed by atoms with Crippen molar-refractivity contribution in [1.82, 2.24) is 29.9 Å². The third-order valence-electron chi connectivity index (χ3n) is 5.75. The molecule has 3 aromatic heterocycles. The molecule has 154 valence electrons. The third kappa shape index (κ3) is 3.12. The van der Waals surface area contributed by atoms with Crippen LogP contribution in [-0.2, 0) is 4.79 Å². The molecule has 1 aliphatic heterocycles. The normalized spacial score (nSPS) is 15.1. The van der Waals surface area contributed by atoms with Crippen LogP contribution < -0.4 is 10.1 Å². The third-order valence-corrected chi connectivity index (χ3v) is 5.75. The summed E-state index contributed by atoms with van der Waals surface area (Å²) in [6.45, 7) is 3.16. The first-order valence-corrected chi connectivity index (χ1v) is 10.0. The van der Waals surface area contributed by atoms with E-state index in [0.717, 1.165) is 59.2 Å². The van der Waals surface area contributed by atoms with E-state index in [-0.39, 0.29) is 11.9 Å². The molecular formula is C21H23N7O2. The SMILES string of the molecule is COc1cccc2nc(Nc3cnn(C4CCN(C(C)=O)CC4)c3)c3[nH]ncc3c12. The lowest BCUT2D eigenvalue weighted by Crippen LogP contribution is -2.37. The van der Waals surface area contributed by atoms with Crippen LogP contribution >= 0.6 is 0 Å². The Morgan fingerprint density at radius 1 is 1.27 bits per heavy atom. The summed E-state index contributed by atoms with van der Waals surface area (Å²) < 4.78 is 7.50. The maximum absolute atomic E-state index is 11.5. The number of ether oxygens (including phenoxy) is 1. The number of piperidine rings is 1. The second kappa shape index (κ2) is 7.33. The summed E-state index contributed by atoms with van der Waals surface area (Å²) in [5, 5.41) is 17.1. The van der Waals surface area contributed by atoms with E-state index < -0.39 is 0 Å². The van der Waals surface area contributed by atoms with Crippen LogP contribution in [0.2, 0.25) is 0 Å². The van der Waals surface area contributed by atoms with Gasteiger partial charge in [-0.2, -0.15) is 10.2 Å². The lowest BCUT2D eigenvalue weighted by molar-refractivity contribution is -0.130. The van der Waals surface area contributed by atoms with E-state index in [0.29, 0.717) is 5.82 Å². The zero-order valence-electron chi connectivity index (χ0n) is 16.9. The number of benzene rings is 1. The Bertz CT molecular complexity index is 1220. The number of rotatable bonds is 4. The van der Waals surface area contributed by atoms with Gasteiger partial charge in [-0.3, -0.25) is 14.6 Å². The van der Waals surface area contributed by atoms with Gasteiger partial charge in [0.15, 0.2) is 5.82 Å². The average molecular weight is 405 g/mol. The predicted octanol–water partition coefficient (Wildman–Crippen LogP) is 3.24. The first kappa shape index (κ1) is 18.4. The van der Waals surface area contributed by atoms with Crippen LogP contribution in [0, 0.1) is 0 Å². The van der Waals surface area contributed by atoms with E-state index >= 15 is 0 Å². The zero-order valence-corrected chi connectivity index (χ0v) is 16.9. The van der Waals surface area contributed by atoms with Crippen LogP contribution in [0.3, 0.4) is 0 Å². The van der Waals surface area contributed by atoms with Crippen molar-refractivity contribution in [3.8, 4) is 5.75 Å². The summed E-state index contributed by atoms with van der Waals surface area (Å²) >= 11 is 0. The molecule has 1 fully saturated rings. The van der Waals surface area contributed by atoms with Crippen molar-refractivity contribution in [2.24, 2.45) is 0 Å². The molecule has 1 aliphatic rings. The van der Waals surface area contributed by atoms with Gasteiger partial charge < -0.3 is 15.0 Å². The largest absolute Gasteiger partial charge is 0.496 e. The predicted molar refractivity (Wildman–Crippen MR) is 114 cm³/mol. The minimum atomic E-state index is 0.138. The van der Waals surface area contributed by atoms with E-state index in [2.05, 4.69) is 20.6 Å². The number of methoxy groups -OCH3 is 1. The number of hydrogen-bond acceptors (Lipinski definition) is 6. The van der Waals surface area contributed by atoms with Gasteiger partial charge in [0.1, 0.15) is 11.3 Å². The number of pyridine rings is 1. The highest BCUT2D eigenvalue weighted by Crippen LogP contribution is 2.35. The van der Waals surface area contributed by atoms with Gasteiger partial charge in [0.25, 0.3) is 0 Å². The molecule has 0 unspecified atom stereocenters. The summed E-state index contributed by atoms with van der Waals surface area (Å²) in [5.41, 5.74) is 2.50. The Kier molecular flexibility index (Phi) is 4.50. The quantitative estimate of drug-likeness (QED) is 0.541. The molecule has 1 aromatic carbocycles. The highest BCUT2D eigenvalue weighted by atomic mass is 16.5. The van der Waals surface area contributed by atoms with E-state index in [1.807, 2.05) is 34.0 Å². The number of fused-ring (bicyclic) bond motifs is 3. The number of aromatic amines is 1. The van der Waals surface area contributed by atoms with E-state index in [1.165, 1.54) is 0 Å². The summed E-state index contributed by atoms with van der Waals surface area (Å²) in [7, 11) is 1.65. The Morgan fingerprint density at radius 2 is 2.10 bits per heavy atom. The number of likely N-dealkylation sites (tertiary alicyclic amines) is 1. The van der Waals surface area contributed by atoms with Gasteiger partial charge in [-0.25, -0.2) is 4.98 Å². The number of amides is 1. The molecule has 1 saturated heterocycles. The maximum Gasteiger partial charge on any atom is 0.219 e. The molecule has 0 bridgehead atoms. The highest BCUT2D eigenvalue weighted by Gasteiger charge is 2.22. The van der Waals surface area contributed by atoms with Crippen molar-refractivity contribution >= 4 is 39.2 Å². The zero-order chi connectivity index (χ0) is 20.7. The van der Waals surface area contributed by atoms with Gasteiger partial charge >= 0.3 is 0 Å². The lowest BCUT2D eigenvalue weighted by Gasteiger charge is -2.31. The molecule has 4 aromatic rings. The minimum absolute atomic E-state index is 0.138. The number of anilines is 2. The van der Waals surface area contributed by atoms with Gasteiger partial charge in [-0.1, -0.05) is 6.07 Å². The second-order valence-electron chi connectivity index (χ2n) is 7.54. The van der Waals surface area contributed by atoms with Crippen molar-refractivity contribution in [3.05, 3.63) is 36.8 Å². The lowest BCUT2D eigenvalue weighted by atomic mass is 10.1. The molecule has 9 nitrogen and oxygen atoms in total. The van der Waals surface area contributed by atoms with Gasteiger partial charge in [0.05, 0.1) is 42.1 Å². The molecule has 4 heterocycles. The topological polar surface area (TPSA) is 101 Å². The Hall–Kier alpha value is -3.62. The second-order valence-corrected chi connectivity index (χ2v) is 7.54. The molecule has 1 amide bonds. The first-order valence-electron chi connectivity index (χ1n) is 10.0. The fraction of sp³-hybridized carbons (Fsp3) is 0.333. The molecular weight excluding hydrogens is 382 g/mol. The summed E-state index contributed by atoms with van der Waals surface area (Å²) in [6, 6.07) is 6.10. The van der Waals surface area contributed by atoms with Crippen molar-refractivity contribution in [2.45, 2.75) is 25.8 Å². The number of hydrogen-bond donors (Lipinski definition) is 2. The number of H-pyrrole nitrogens is 1. The van der Waals surface area contributed by atoms with Gasteiger partial charge in [-0.05, 0) is 25.0 Å². The van der Waals surface area contributed by atoms with Crippen LogP contribution in [0.5, 0.6) is 5.75 Å². The summed E-state index contributed by atoms with van der Waals surface area (Å²) in [4.78, 5) is 18.2. The minimum Gasteiger partial charge on any atom is -0.496 e. The van der Waals surface area contributed by atoms with Crippen LogP contribution in [0.4, 0.5) is 11.5 Å². The first-order chi connectivity index (χ1) is 14.6. The monoisotopic (exact) mass is 405 g/mol. The van der Waals surface area contributed by atoms with Gasteiger partial charge in [0.2, 0.25) is 5.91 Å².